The Kier molecular flexibility index (Phi) is 6.61. The van der Waals surface area contributed by atoms with Gasteiger partial charge in [-0.2, -0.15) is 0 Å². The van der Waals surface area contributed by atoms with Crippen LogP contribution in [0.2, 0.25) is 5.15 Å². The van der Waals surface area contributed by atoms with Gasteiger partial charge in [0.15, 0.2) is 11.5 Å². The van der Waals surface area contributed by atoms with Crippen molar-refractivity contribution in [1.82, 2.24) is 9.88 Å². The molecule has 2 heterocycles. The predicted octanol–water partition coefficient (Wildman–Crippen LogP) is 3.97. The third-order valence-electron chi connectivity index (χ3n) is 4.23. The molecule has 7 nitrogen and oxygen atoms in total. The number of pyridine rings is 1. The van der Waals surface area contributed by atoms with Gasteiger partial charge in [-0.25, -0.2) is 4.98 Å². The number of hydrogen-bond donors (Lipinski definition) is 1. The summed E-state index contributed by atoms with van der Waals surface area (Å²) in [5.41, 5.74) is 1.20. The number of thiocarbonyl (C=S) groups is 1. The second kappa shape index (κ2) is 8.98. The zero-order valence-corrected chi connectivity index (χ0v) is 18.0. The van der Waals surface area contributed by atoms with Gasteiger partial charge in [-0.05, 0) is 24.6 Å². The lowest BCUT2D eigenvalue weighted by Crippen LogP contribution is -2.29. The van der Waals surface area contributed by atoms with E-state index in [1.54, 1.807) is 25.3 Å². The van der Waals surface area contributed by atoms with Crippen molar-refractivity contribution in [3.63, 3.8) is 0 Å². The first kappa shape index (κ1) is 21.4. The zero-order valence-electron chi connectivity index (χ0n) is 15.6. The van der Waals surface area contributed by atoms with Crippen molar-refractivity contribution in [2.75, 3.05) is 20.8 Å². The standard InChI is InChI=1S/C19H17ClN2O5S2/c1-26-13-7-10-6-11(17(20)21-12(10)9-14(13)27-2)8-15-18(25)22(19(28)29-15)5-3-4-16(23)24/h6-9H,3-5H2,1-2H3,(H,23,24)/b15-8-. The van der Waals surface area contributed by atoms with Crippen LogP contribution in [0.3, 0.4) is 0 Å². The Bertz CT molecular complexity index is 1040. The van der Waals surface area contributed by atoms with E-state index >= 15 is 0 Å². The average molecular weight is 453 g/mol. The summed E-state index contributed by atoms with van der Waals surface area (Å²) in [5.74, 6) is -0.0840. The number of carboxylic acid groups (broad SMARTS) is 1. The largest absolute Gasteiger partial charge is 0.493 e. The SMILES string of the molecule is COc1cc2cc(/C=C3\SC(=S)N(CCCC(=O)O)C3=O)c(Cl)nc2cc1OC. The fraction of sp³-hybridized carbons (Fsp3) is 0.263. The number of rotatable bonds is 7. The van der Waals surface area contributed by atoms with Gasteiger partial charge in [0.05, 0.1) is 24.6 Å². The highest BCUT2D eigenvalue weighted by molar-refractivity contribution is 8.26. The number of aromatic nitrogens is 1. The molecule has 29 heavy (non-hydrogen) atoms. The quantitative estimate of drug-likeness (QED) is 0.383. The number of fused-ring (bicyclic) bond motifs is 1. The van der Waals surface area contributed by atoms with Crippen LogP contribution in [0.5, 0.6) is 11.5 Å². The second-order valence-corrected chi connectivity index (χ2v) is 8.13. The molecular weight excluding hydrogens is 436 g/mol. The van der Waals surface area contributed by atoms with Crippen LogP contribution in [-0.4, -0.2) is 52.0 Å². The Morgan fingerprint density at radius 1 is 1.31 bits per heavy atom. The van der Waals surface area contributed by atoms with Crippen LogP contribution in [0.1, 0.15) is 18.4 Å². The zero-order chi connectivity index (χ0) is 21.1. The van der Waals surface area contributed by atoms with Gasteiger partial charge in [-0.15, -0.1) is 0 Å². The maximum Gasteiger partial charge on any atom is 0.303 e. The maximum atomic E-state index is 12.7. The number of halogens is 1. The van der Waals surface area contributed by atoms with Gasteiger partial charge in [-0.3, -0.25) is 14.5 Å². The lowest BCUT2D eigenvalue weighted by Gasteiger charge is -2.13. The van der Waals surface area contributed by atoms with Gasteiger partial charge in [0.25, 0.3) is 5.91 Å². The summed E-state index contributed by atoms with van der Waals surface area (Å²) in [7, 11) is 3.09. The smallest absolute Gasteiger partial charge is 0.303 e. The highest BCUT2D eigenvalue weighted by Crippen LogP contribution is 2.36. The van der Waals surface area contributed by atoms with E-state index in [1.807, 2.05) is 6.07 Å². The molecule has 1 fully saturated rings. The third-order valence-corrected chi connectivity index (χ3v) is 5.91. The van der Waals surface area contributed by atoms with Crippen molar-refractivity contribution in [2.45, 2.75) is 12.8 Å². The minimum atomic E-state index is -0.910. The summed E-state index contributed by atoms with van der Waals surface area (Å²) in [4.78, 5) is 29.5. The molecule has 1 aromatic heterocycles. The van der Waals surface area contributed by atoms with Crippen molar-refractivity contribution in [2.24, 2.45) is 0 Å². The molecule has 1 amide bonds. The summed E-state index contributed by atoms with van der Waals surface area (Å²) in [5, 5.41) is 9.77. The molecule has 0 saturated carbocycles. The molecule has 0 radical (unpaired) electrons. The van der Waals surface area contributed by atoms with E-state index in [1.165, 1.54) is 12.0 Å². The molecule has 1 N–H and O–H groups in total. The molecule has 152 valence electrons. The van der Waals surface area contributed by atoms with Gasteiger partial charge >= 0.3 is 5.97 Å². The molecule has 0 spiro atoms. The van der Waals surface area contributed by atoms with E-state index < -0.39 is 5.97 Å². The Hall–Kier alpha value is -2.36. The lowest BCUT2D eigenvalue weighted by molar-refractivity contribution is -0.137. The monoisotopic (exact) mass is 452 g/mol. The number of nitrogens with zero attached hydrogens (tertiary/aromatic N) is 2. The Balaban J connectivity index is 1.91. The predicted molar refractivity (Wildman–Crippen MR) is 117 cm³/mol. The van der Waals surface area contributed by atoms with Crippen LogP contribution >= 0.6 is 35.6 Å². The molecule has 1 aliphatic heterocycles. The van der Waals surface area contributed by atoms with Crippen LogP contribution in [0.4, 0.5) is 0 Å². The van der Waals surface area contributed by atoms with E-state index in [2.05, 4.69) is 4.98 Å². The molecule has 0 atom stereocenters. The van der Waals surface area contributed by atoms with Crippen molar-refractivity contribution < 1.29 is 24.2 Å². The molecule has 3 rings (SSSR count). The summed E-state index contributed by atoms with van der Waals surface area (Å²) >= 11 is 12.7. The normalized spacial score (nSPS) is 15.4. The fourth-order valence-electron chi connectivity index (χ4n) is 2.82. The Morgan fingerprint density at radius 3 is 2.66 bits per heavy atom. The molecule has 0 bridgehead atoms. The van der Waals surface area contributed by atoms with Crippen LogP contribution in [0.25, 0.3) is 17.0 Å². The summed E-state index contributed by atoms with van der Waals surface area (Å²) in [6.07, 6.45) is 1.94. The topological polar surface area (TPSA) is 89.0 Å². The number of benzene rings is 1. The van der Waals surface area contributed by atoms with Crippen molar-refractivity contribution in [1.29, 1.82) is 0 Å². The molecular formula is C19H17ClN2O5S2. The van der Waals surface area contributed by atoms with Crippen molar-refractivity contribution >= 4 is 68.8 Å². The molecule has 0 aliphatic carbocycles. The molecule has 1 aliphatic rings. The number of aliphatic carboxylic acids is 1. The van der Waals surface area contributed by atoms with Gasteiger partial charge in [0, 0.05) is 30.0 Å². The number of hydrogen-bond acceptors (Lipinski definition) is 7. The lowest BCUT2D eigenvalue weighted by atomic mass is 10.1. The van der Waals surface area contributed by atoms with E-state index in [0.29, 0.717) is 38.2 Å². The number of amides is 1. The first-order valence-corrected chi connectivity index (χ1v) is 10.1. The maximum absolute atomic E-state index is 12.7. The van der Waals surface area contributed by atoms with Gasteiger partial charge < -0.3 is 14.6 Å². The molecule has 1 aromatic carbocycles. The highest BCUT2D eigenvalue weighted by atomic mass is 35.5. The Labute approximate surface area is 181 Å². The van der Waals surface area contributed by atoms with E-state index in [-0.39, 0.29) is 24.0 Å². The molecule has 10 heteroatoms. The van der Waals surface area contributed by atoms with Gasteiger partial charge in [0.2, 0.25) is 0 Å². The van der Waals surface area contributed by atoms with Crippen molar-refractivity contribution in [3.05, 3.63) is 33.8 Å². The summed E-state index contributed by atoms with van der Waals surface area (Å²) < 4.78 is 11.0. The van der Waals surface area contributed by atoms with Gasteiger partial charge in [0.1, 0.15) is 9.47 Å². The number of carbonyl (C=O) groups excluding carboxylic acids is 1. The van der Waals surface area contributed by atoms with E-state index in [0.717, 1.165) is 17.1 Å². The number of carboxylic acids is 1. The summed E-state index contributed by atoms with van der Waals surface area (Å²) in [6.45, 7) is 0.259. The number of methoxy groups -OCH3 is 2. The first-order chi connectivity index (χ1) is 13.8. The number of ether oxygens (including phenoxy) is 2. The second-order valence-electron chi connectivity index (χ2n) is 6.10. The summed E-state index contributed by atoms with van der Waals surface area (Å²) in [6, 6.07) is 5.32. The van der Waals surface area contributed by atoms with Gasteiger partial charge in [-0.1, -0.05) is 35.6 Å². The van der Waals surface area contributed by atoms with Crippen LogP contribution < -0.4 is 9.47 Å². The van der Waals surface area contributed by atoms with Crippen molar-refractivity contribution in [3.8, 4) is 11.5 Å². The van der Waals surface area contributed by atoms with Crippen LogP contribution in [0.15, 0.2) is 23.1 Å². The molecule has 0 unspecified atom stereocenters. The molecule has 1 saturated heterocycles. The highest BCUT2D eigenvalue weighted by Gasteiger charge is 2.31. The van der Waals surface area contributed by atoms with Crippen LogP contribution in [-0.2, 0) is 9.59 Å². The van der Waals surface area contributed by atoms with Crippen LogP contribution in [0, 0.1) is 0 Å². The number of carbonyl (C=O) groups is 2. The minimum absolute atomic E-state index is 0.0260. The number of thioether (sulfide) groups is 1. The van der Waals surface area contributed by atoms with E-state index in [9.17, 15) is 9.59 Å². The molecule has 2 aromatic rings. The first-order valence-electron chi connectivity index (χ1n) is 8.53. The fourth-order valence-corrected chi connectivity index (χ4v) is 4.32. The van der Waals surface area contributed by atoms with E-state index in [4.69, 9.17) is 38.4 Å². The minimum Gasteiger partial charge on any atom is -0.493 e. The third kappa shape index (κ3) is 4.63. The average Bonchev–Trinajstić information content (AvgIpc) is 2.94. The Morgan fingerprint density at radius 2 is 2.00 bits per heavy atom.